The van der Waals surface area contributed by atoms with Gasteiger partial charge in [-0.05, 0) is 6.07 Å². The Kier molecular flexibility index (Phi) is 2.81. The lowest BCUT2D eigenvalue weighted by Gasteiger charge is -2.06. The number of nitrogens with two attached hydrogens (primary N) is 1. The lowest BCUT2D eigenvalue weighted by molar-refractivity contribution is -0.137. The Hall–Kier alpha value is -1.62. The summed E-state index contributed by atoms with van der Waals surface area (Å²) in [5, 5.41) is 8.44. The zero-order chi connectivity index (χ0) is 9.84. The average Bonchev–Trinajstić information content (AvgIpc) is 2.03. The van der Waals surface area contributed by atoms with Crippen LogP contribution in [0.5, 0.6) is 0 Å². The summed E-state index contributed by atoms with van der Waals surface area (Å²) < 4.78 is 0. The Labute approximate surface area is 74.2 Å². The molecule has 0 aromatic carbocycles. The molecule has 0 aliphatic rings. The van der Waals surface area contributed by atoms with Crippen molar-refractivity contribution in [1.82, 2.24) is 4.98 Å². The maximum atomic E-state index is 11.1. The Morgan fingerprint density at radius 2 is 2.38 bits per heavy atom. The van der Waals surface area contributed by atoms with Crippen LogP contribution in [0.2, 0.25) is 0 Å². The summed E-state index contributed by atoms with van der Waals surface area (Å²) in [6, 6.07) is 2.38. The molecule has 0 bridgehead atoms. The zero-order valence-corrected chi connectivity index (χ0v) is 6.86. The van der Waals surface area contributed by atoms with Crippen LogP contribution in [0.4, 0.5) is 0 Å². The molecule has 1 atom stereocenters. The maximum Gasteiger partial charge on any atom is 0.305 e. The molecule has 0 radical (unpaired) electrons. The van der Waals surface area contributed by atoms with E-state index in [1.807, 2.05) is 0 Å². The van der Waals surface area contributed by atoms with Gasteiger partial charge in [0.25, 0.3) is 5.56 Å². The average molecular weight is 182 g/mol. The van der Waals surface area contributed by atoms with E-state index in [1.54, 1.807) is 6.07 Å². The minimum absolute atomic E-state index is 0.243. The number of pyridine rings is 1. The third-order valence-corrected chi connectivity index (χ3v) is 1.64. The number of hydrogen-bond acceptors (Lipinski definition) is 3. The predicted molar refractivity (Wildman–Crippen MR) is 46.2 cm³/mol. The molecule has 5 nitrogen and oxygen atoms in total. The number of carboxylic acid groups (broad SMARTS) is 1. The fraction of sp³-hybridized carbons (Fsp3) is 0.250. The van der Waals surface area contributed by atoms with Crippen LogP contribution < -0.4 is 11.3 Å². The van der Waals surface area contributed by atoms with Crippen molar-refractivity contribution in [2.75, 3.05) is 0 Å². The van der Waals surface area contributed by atoms with E-state index < -0.39 is 12.0 Å². The number of aliphatic carboxylic acids is 1. The highest BCUT2D eigenvalue weighted by molar-refractivity contribution is 5.67. The maximum absolute atomic E-state index is 11.1. The number of nitrogens with one attached hydrogen (secondary N) is 1. The molecule has 1 heterocycles. The van der Waals surface area contributed by atoms with Crippen molar-refractivity contribution in [3.63, 3.8) is 0 Å². The number of rotatable bonds is 3. The van der Waals surface area contributed by atoms with Crippen molar-refractivity contribution >= 4 is 5.97 Å². The van der Waals surface area contributed by atoms with Crippen LogP contribution in [0.25, 0.3) is 0 Å². The normalized spacial score (nSPS) is 12.4. The van der Waals surface area contributed by atoms with Gasteiger partial charge >= 0.3 is 5.97 Å². The van der Waals surface area contributed by atoms with Gasteiger partial charge in [-0.2, -0.15) is 0 Å². The molecule has 0 fully saturated rings. The lowest BCUT2D eigenvalue weighted by Crippen LogP contribution is -2.23. The van der Waals surface area contributed by atoms with Gasteiger partial charge in [-0.25, -0.2) is 0 Å². The molecule has 0 saturated heterocycles. The highest BCUT2D eigenvalue weighted by Crippen LogP contribution is 2.07. The molecule has 4 N–H and O–H groups in total. The third-order valence-electron chi connectivity index (χ3n) is 1.64. The molecule has 1 aromatic rings. The first kappa shape index (κ1) is 9.47. The standard InChI is InChI=1S/C8H10N2O3/c9-6(4-7(11)12)5-2-1-3-10-8(5)13/h1-3,6H,4,9H2,(H,10,13)(H,11,12)/t6-/m1/s1. The quantitative estimate of drug-likeness (QED) is 0.605. The number of aromatic amines is 1. The van der Waals surface area contributed by atoms with E-state index in [4.69, 9.17) is 10.8 Å². The lowest BCUT2D eigenvalue weighted by atomic mass is 10.1. The first-order valence-corrected chi connectivity index (χ1v) is 3.76. The predicted octanol–water partition coefficient (Wildman–Crippen LogP) is -0.151. The van der Waals surface area contributed by atoms with Crippen LogP contribution >= 0.6 is 0 Å². The second-order valence-electron chi connectivity index (χ2n) is 2.66. The van der Waals surface area contributed by atoms with Gasteiger partial charge in [0.05, 0.1) is 6.42 Å². The Morgan fingerprint density at radius 1 is 1.69 bits per heavy atom. The Balaban J connectivity index is 2.89. The number of H-pyrrole nitrogens is 1. The molecular formula is C8H10N2O3. The van der Waals surface area contributed by atoms with Crippen LogP contribution in [0.15, 0.2) is 23.1 Å². The van der Waals surface area contributed by atoms with E-state index in [-0.39, 0.29) is 12.0 Å². The summed E-state index contributed by atoms with van der Waals surface area (Å²) in [6.07, 6.45) is 1.23. The van der Waals surface area contributed by atoms with Crippen LogP contribution in [0, 0.1) is 0 Å². The monoisotopic (exact) mass is 182 g/mol. The molecule has 0 aliphatic heterocycles. The van der Waals surface area contributed by atoms with Crippen molar-refractivity contribution in [3.05, 3.63) is 34.2 Å². The summed E-state index contributed by atoms with van der Waals surface area (Å²) in [6.45, 7) is 0. The van der Waals surface area contributed by atoms with Crippen LogP contribution in [-0.4, -0.2) is 16.1 Å². The fourth-order valence-corrected chi connectivity index (χ4v) is 1.02. The minimum atomic E-state index is -1.02. The Bertz CT molecular complexity index is 358. The van der Waals surface area contributed by atoms with Gasteiger partial charge in [-0.15, -0.1) is 0 Å². The summed E-state index contributed by atoms with van der Waals surface area (Å²) in [4.78, 5) is 23.8. The van der Waals surface area contributed by atoms with E-state index >= 15 is 0 Å². The van der Waals surface area contributed by atoms with Crippen LogP contribution in [0.3, 0.4) is 0 Å². The summed E-state index contributed by atoms with van der Waals surface area (Å²) in [7, 11) is 0. The van der Waals surface area contributed by atoms with E-state index in [9.17, 15) is 9.59 Å². The van der Waals surface area contributed by atoms with Gasteiger partial charge in [0.2, 0.25) is 0 Å². The number of hydrogen-bond donors (Lipinski definition) is 3. The van der Waals surface area contributed by atoms with Crippen molar-refractivity contribution in [3.8, 4) is 0 Å². The van der Waals surface area contributed by atoms with Crippen molar-refractivity contribution in [2.24, 2.45) is 5.73 Å². The van der Waals surface area contributed by atoms with E-state index in [1.165, 1.54) is 12.3 Å². The molecule has 0 aliphatic carbocycles. The third kappa shape index (κ3) is 2.41. The number of carbonyl (C=O) groups is 1. The van der Waals surface area contributed by atoms with Gasteiger partial charge < -0.3 is 15.8 Å². The molecule has 70 valence electrons. The van der Waals surface area contributed by atoms with E-state index in [2.05, 4.69) is 4.98 Å². The van der Waals surface area contributed by atoms with Crippen molar-refractivity contribution < 1.29 is 9.90 Å². The van der Waals surface area contributed by atoms with E-state index in [0.717, 1.165) is 0 Å². The van der Waals surface area contributed by atoms with Gasteiger partial charge in [0.15, 0.2) is 0 Å². The molecule has 13 heavy (non-hydrogen) atoms. The highest BCUT2D eigenvalue weighted by Gasteiger charge is 2.12. The molecular weight excluding hydrogens is 172 g/mol. The molecule has 1 rings (SSSR count). The van der Waals surface area contributed by atoms with E-state index in [0.29, 0.717) is 5.56 Å². The van der Waals surface area contributed by atoms with Gasteiger partial charge in [-0.3, -0.25) is 9.59 Å². The topological polar surface area (TPSA) is 96.2 Å². The molecule has 1 aromatic heterocycles. The number of carboxylic acids is 1. The molecule has 0 spiro atoms. The second kappa shape index (κ2) is 3.86. The first-order valence-electron chi connectivity index (χ1n) is 3.76. The van der Waals surface area contributed by atoms with Gasteiger partial charge in [0, 0.05) is 17.8 Å². The Morgan fingerprint density at radius 3 is 2.92 bits per heavy atom. The van der Waals surface area contributed by atoms with Gasteiger partial charge in [-0.1, -0.05) is 6.07 Å². The summed E-state index contributed by atoms with van der Waals surface area (Å²) in [5.41, 5.74) is 5.46. The molecule has 0 saturated carbocycles. The first-order chi connectivity index (χ1) is 6.11. The summed E-state index contributed by atoms with van der Waals surface area (Å²) in [5.74, 6) is -1.02. The van der Waals surface area contributed by atoms with Crippen LogP contribution in [-0.2, 0) is 4.79 Å². The minimum Gasteiger partial charge on any atom is -0.481 e. The number of aromatic nitrogens is 1. The van der Waals surface area contributed by atoms with Crippen LogP contribution in [0.1, 0.15) is 18.0 Å². The zero-order valence-electron chi connectivity index (χ0n) is 6.86. The fourth-order valence-electron chi connectivity index (χ4n) is 1.02. The van der Waals surface area contributed by atoms with Gasteiger partial charge in [0.1, 0.15) is 0 Å². The smallest absolute Gasteiger partial charge is 0.305 e. The molecule has 0 unspecified atom stereocenters. The summed E-state index contributed by atoms with van der Waals surface area (Å²) >= 11 is 0. The van der Waals surface area contributed by atoms with Crippen molar-refractivity contribution in [2.45, 2.75) is 12.5 Å². The molecule has 0 amide bonds. The largest absolute Gasteiger partial charge is 0.481 e. The van der Waals surface area contributed by atoms with Crippen molar-refractivity contribution in [1.29, 1.82) is 0 Å². The molecule has 5 heteroatoms. The second-order valence-corrected chi connectivity index (χ2v) is 2.66. The highest BCUT2D eigenvalue weighted by atomic mass is 16.4. The SMILES string of the molecule is N[C@H](CC(=O)O)c1ccc[nH]c1=O.